The quantitative estimate of drug-likeness (QED) is 0.808. The summed E-state index contributed by atoms with van der Waals surface area (Å²) < 4.78 is 24.4. The van der Waals surface area contributed by atoms with E-state index in [1.165, 1.54) is 6.07 Å². The van der Waals surface area contributed by atoms with Crippen molar-refractivity contribution in [2.75, 3.05) is 19.8 Å². The van der Waals surface area contributed by atoms with Gasteiger partial charge in [0.15, 0.2) is 11.6 Å². The maximum atomic E-state index is 13.5. The van der Waals surface area contributed by atoms with Gasteiger partial charge in [-0.1, -0.05) is 24.3 Å². The molecule has 118 valence electrons. The molecule has 22 heavy (non-hydrogen) atoms. The molecule has 2 aromatic carbocycles. The van der Waals surface area contributed by atoms with Crippen LogP contribution in [0.3, 0.4) is 0 Å². The van der Waals surface area contributed by atoms with Gasteiger partial charge < -0.3 is 15.2 Å². The van der Waals surface area contributed by atoms with Crippen molar-refractivity contribution in [3.05, 3.63) is 59.9 Å². The molecule has 0 radical (unpaired) electrons. The first-order chi connectivity index (χ1) is 10.7. The van der Waals surface area contributed by atoms with Crippen LogP contribution in [0.4, 0.5) is 4.39 Å². The summed E-state index contributed by atoms with van der Waals surface area (Å²) in [4.78, 5) is 0. The molecule has 0 saturated heterocycles. The number of halogens is 1. The van der Waals surface area contributed by atoms with Crippen LogP contribution in [-0.2, 0) is 0 Å². The Morgan fingerprint density at radius 3 is 2.41 bits per heavy atom. The third kappa shape index (κ3) is 4.46. The third-order valence-electron chi connectivity index (χ3n) is 3.51. The van der Waals surface area contributed by atoms with Gasteiger partial charge in [0.1, 0.15) is 5.75 Å². The standard InChI is InChI=1S/C18H22FNO2/c1-2-21-16-9-7-14(8-10-16)15(13-20)11-12-22-18-6-4-3-5-17(18)19/h3-10,15H,2,11-13,20H2,1H3. The normalized spacial score (nSPS) is 12.0. The number of nitrogens with two attached hydrogens (primary N) is 1. The second-order valence-corrected chi connectivity index (χ2v) is 5.00. The molecule has 0 aliphatic carbocycles. The molecule has 0 bridgehead atoms. The lowest BCUT2D eigenvalue weighted by molar-refractivity contribution is 0.284. The van der Waals surface area contributed by atoms with Crippen LogP contribution in [0.1, 0.15) is 24.8 Å². The van der Waals surface area contributed by atoms with E-state index in [1.54, 1.807) is 18.2 Å². The second-order valence-electron chi connectivity index (χ2n) is 5.00. The molecule has 1 unspecified atom stereocenters. The molecule has 0 fully saturated rings. The Labute approximate surface area is 130 Å². The van der Waals surface area contributed by atoms with E-state index in [-0.39, 0.29) is 17.5 Å². The summed E-state index contributed by atoms with van der Waals surface area (Å²) in [7, 11) is 0. The van der Waals surface area contributed by atoms with E-state index in [0.29, 0.717) is 19.8 Å². The molecule has 2 N–H and O–H groups in total. The Morgan fingerprint density at radius 1 is 1.05 bits per heavy atom. The average Bonchev–Trinajstić information content (AvgIpc) is 2.54. The van der Waals surface area contributed by atoms with Gasteiger partial charge in [-0.2, -0.15) is 0 Å². The fraction of sp³-hybridized carbons (Fsp3) is 0.333. The van der Waals surface area contributed by atoms with Crippen LogP contribution < -0.4 is 15.2 Å². The second kappa shape index (κ2) is 8.39. The monoisotopic (exact) mass is 303 g/mol. The van der Waals surface area contributed by atoms with Gasteiger partial charge in [-0.05, 0) is 55.6 Å². The number of rotatable bonds is 8. The summed E-state index contributed by atoms with van der Waals surface area (Å²) >= 11 is 0. The van der Waals surface area contributed by atoms with Crippen molar-refractivity contribution in [3.8, 4) is 11.5 Å². The van der Waals surface area contributed by atoms with Crippen LogP contribution in [0.2, 0.25) is 0 Å². The van der Waals surface area contributed by atoms with Crippen molar-refractivity contribution >= 4 is 0 Å². The minimum absolute atomic E-state index is 0.183. The average molecular weight is 303 g/mol. The number of para-hydroxylation sites is 1. The number of hydrogen-bond acceptors (Lipinski definition) is 3. The molecule has 0 saturated carbocycles. The van der Waals surface area contributed by atoms with E-state index in [0.717, 1.165) is 17.7 Å². The summed E-state index contributed by atoms with van der Waals surface area (Å²) in [6.45, 7) is 3.55. The minimum atomic E-state index is -0.340. The van der Waals surface area contributed by atoms with Crippen LogP contribution in [0.15, 0.2) is 48.5 Å². The zero-order valence-corrected chi connectivity index (χ0v) is 12.8. The SMILES string of the molecule is CCOc1ccc(C(CN)CCOc2ccccc2F)cc1. The van der Waals surface area contributed by atoms with E-state index in [1.807, 2.05) is 31.2 Å². The molecule has 0 amide bonds. The lowest BCUT2D eigenvalue weighted by atomic mass is 9.96. The topological polar surface area (TPSA) is 44.5 Å². The van der Waals surface area contributed by atoms with Gasteiger partial charge >= 0.3 is 0 Å². The molecule has 1 atom stereocenters. The van der Waals surface area contributed by atoms with E-state index in [2.05, 4.69) is 0 Å². The predicted molar refractivity (Wildman–Crippen MR) is 85.9 cm³/mol. The lowest BCUT2D eigenvalue weighted by Gasteiger charge is -2.16. The highest BCUT2D eigenvalue weighted by Crippen LogP contribution is 2.23. The first kappa shape index (κ1) is 16.3. The van der Waals surface area contributed by atoms with Crippen LogP contribution in [-0.4, -0.2) is 19.8 Å². The fourth-order valence-electron chi connectivity index (χ4n) is 2.30. The maximum Gasteiger partial charge on any atom is 0.165 e. The van der Waals surface area contributed by atoms with E-state index in [9.17, 15) is 4.39 Å². The summed E-state index contributed by atoms with van der Waals surface area (Å²) in [6, 6.07) is 14.3. The van der Waals surface area contributed by atoms with Crippen molar-refractivity contribution in [1.29, 1.82) is 0 Å². The van der Waals surface area contributed by atoms with E-state index >= 15 is 0 Å². The maximum absolute atomic E-state index is 13.5. The van der Waals surface area contributed by atoms with Gasteiger partial charge in [0.25, 0.3) is 0 Å². The van der Waals surface area contributed by atoms with Gasteiger partial charge in [0.05, 0.1) is 13.2 Å². The number of benzene rings is 2. The van der Waals surface area contributed by atoms with Crippen molar-refractivity contribution in [2.45, 2.75) is 19.3 Å². The highest BCUT2D eigenvalue weighted by atomic mass is 19.1. The molecule has 0 aliphatic rings. The van der Waals surface area contributed by atoms with E-state index in [4.69, 9.17) is 15.2 Å². The molecule has 0 heterocycles. The van der Waals surface area contributed by atoms with Crippen molar-refractivity contribution in [1.82, 2.24) is 0 Å². The molecule has 0 spiro atoms. The summed E-state index contributed by atoms with van der Waals surface area (Å²) in [5.41, 5.74) is 6.99. The summed E-state index contributed by atoms with van der Waals surface area (Å²) in [5.74, 6) is 0.977. The molecule has 0 aliphatic heterocycles. The highest BCUT2D eigenvalue weighted by Gasteiger charge is 2.11. The Kier molecular flexibility index (Phi) is 6.22. The zero-order valence-electron chi connectivity index (χ0n) is 12.8. The van der Waals surface area contributed by atoms with Crippen molar-refractivity contribution < 1.29 is 13.9 Å². The van der Waals surface area contributed by atoms with Gasteiger partial charge in [0.2, 0.25) is 0 Å². The molecule has 0 aromatic heterocycles. The zero-order chi connectivity index (χ0) is 15.8. The molecular formula is C18H22FNO2. The number of hydrogen-bond donors (Lipinski definition) is 1. The van der Waals surface area contributed by atoms with Gasteiger partial charge in [-0.3, -0.25) is 0 Å². The minimum Gasteiger partial charge on any atom is -0.494 e. The Balaban J connectivity index is 1.90. The highest BCUT2D eigenvalue weighted by molar-refractivity contribution is 5.30. The van der Waals surface area contributed by atoms with Gasteiger partial charge in [0, 0.05) is 0 Å². The van der Waals surface area contributed by atoms with Crippen LogP contribution in [0, 0.1) is 5.82 Å². The molecule has 3 nitrogen and oxygen atoms in total. The lowest BCUT2D eigenvalue weighted by Crippen LogP contribution is -2.15. The van der Waals surface area contributed by atoms with Crippen molar-refractivity contribution in [2.24, 2.45) is 5.73 Å². The smallest absolute Gasteiger partial charge is 0.165 e. The van der Waals surface area contributed by atoms with Gasteiger partial charge in [-0.15, -0.1) is 0 Å². The Morgan fingerprint density at radius 2 is 1.77 bits per heavy atom. The van der Waals surface area contributed by atoms with Gasteiger partial charge in [-0.25, -0.2) is 4.39 Å². The third-order valence-corrected chi connectivity index (χ3v) is 3.51. The Hall–Kier alpha value is -2.07. The fourth-order valence-corrected chi connectivity index (χ4v) is 2.30. The molecule has 4 heteroatoms. The van der Waals surface area contributed by atoms with E-state index < -0.39 is 0 Å². The summed E-state index contributed by atoms with van der Waals surface area (Å²) in [6.07, 6.45) is 0.735. The summed E-state index contributed by atoms with van der Waals surface area (Å²) in [5, 5.41) is 0. The predicted octanol–water partition coefficient (Wildman–Crippen LogP) is 3.74. The molecular weight excluding hydrogens is 281 g/mol. The van der Waals surface area contributed by atoms with Crippen LogP contribution in [0.25, 0.3) is 0 Å². The molecule has 2 aromatic rings. The Bertz CT molecular complexity index is 572. The largest absolute Gasteiger partial charge is 0.494 e. The first-order valence-corrected chi connectivity index (χ1v) is 7.54. The van der Waals surface area contributed by atoms with Crippen molar-refractivity contribution in [3.63, 3.8) is 0 Å². The molecule has 2 rings (SSSR count). The van der Waals surface area contributed by atoms with Crippen LogP contribution in [0.5, 0.6) is 11.5 Å². The van der Waals surface area contributed by atoms with Crippen LogP contribution >= 0.6 is 0 Å². The number of ether oxygens (including phenoxy) is 2. The first-order valence-electron chi connectivity index (χ1n) is 7.54.